The summed E-state index contributed by atoms with van der Waals surface area (Å²) in [6.07, 6.45) is 0. The van der Waals surface area contributed by atoms with Crippen LogP contribution in [0.25, 0.3) is 0 Å². The van der Waals surface area contributed by atoms with Crippen LogP contribution in [0, 0.1) is 5.82 Å². The fourth-order valence-electron chi connectivity index (χ4n) is 1.07. The monoisotopic (exact) mass is 239 g/mol. The van der Waals surface area contributed by atoms with Crippen molar-refractivity contribution in [2.24, 2.45) is 0 Å². The Morgan fingerprint density at radius 1 is 1.06 bits per heavy atom. The van der Waals surface area contributed by atoms with Crippen molar-refractivity contribution in [2.45, 2.75) is 13.8 Å². The molecule has 0 bridgehead atoms. The molecule has 0 aliphatic rings. The van der Waals surface area contributed by atoms with Crippen molar-refractivity contribution in [1.29, 1.82) is 0 Å². The van der Waals surface area contributed by atoms with E-state index in [0.717, 1.165) is 26.0 Å². The van der Waals surface area contributed by atoms with E-state index in [1.165, 1.54) is 12.1 Å². The van der Waals surface area contributed by atoms with E-state index in [1.807, 2.05) is 0 Å². The average molecular weight is 239 g/mol. The first-order chi connectivity index (χ1) is 7.91. The third kappa shape index (κ3) is 3.37. The van der Waals surface area contributed by atoms with E-state index in [1.54, 1.807) is 0 Å². The molecule has 0 heterocycles. The van der Waals surface area contributed by atoms with E-state index in [4.69, 9.17) is 0 Å². The fourth-order valence-corrected chi connectivity index (χ4v) is 1.07. The normalized spacial score (nSPS) is 9.59. The highest BCUT2D eigenvalue weighted by Crippen LogP contribution is 2.06. The summed E-state index contributed by atoms with van der Waals surface area (Å²) in [5.74, 6) is -2.84. The van der Waals surface area contributed by atoms with Gasteiger partial charge in [-0.3, -0.25) is 9.59 Å². The van der Waals surface area contributed by atoms with Gasteiger partial charge in [-0.05, 0) is 24.3 Å². The summed E-state index contributed by atoms with van der Waals surface area (Å²) in [5.41, 5.74) is 0.0406. The van der Waals surface area contributed by atoms with E-state index in [9.17, 15) is 18.8 Å². The van der Waals surface area contributed by atoms with Crippen LogP contribution in [0.5, 0.6) is 0 Å². The maximum Gasteiger partial charge on any atom is 0.363 e. The topological polar surface area (TPSA) is 63.7 Å². The van der Waals surface area contributed by atoms with Crippen LogP contribution in [-0.2, 0) is 14.4 Å². The summed E-state index contributed by atoms with van der Waals surface area (Å²) in [7, 11) is 0. The molecule has 0 unspecified atom stereocenters. The number of amides is 2. The molecule has 1 aromatic carbocycles. The quantitative estimate of drug-likeness (QED) is 0.693. The van der Waals surface area contributed by atoms with Crippen LogP contribution in [0.2, 0.25) is 0 Å². The van der Waals surface area contributed by atoms with Crippen molar-refractivity contribution in [3.8, 4) is 0 Å². The molecule has 0 N–H and O–H groups in total. The van der Waals surface area contributed by atoms with Crippen molar-refractivity contribution < 1.29 is 23.6 Å². The maximum atomic E-state index is 12.6. The molecule has 5 nitrogen and oxygen atoms in total. The summed E-state index contributed by atoms with van der Waals surface area (Å²) in [4.78, 5) is 38.0. The van der Waals surface area contributed by atoms with Gasteiger partial charge in [-0.2, -0.15) is 0 Å². The molecule has 17 heavy (non-hydrogen) atoms. The van der Waals surface area contributed by atoms with Gasteiger partial charge in [0.2, 0.25) is 0 Å². The number of hydrogen-bond acceptors (Lipinski definition) is 4. The van der Waals surface area contributed by atoms with Crippen LogP contribution in [-0.4, -0.2) is 22.8 Å². The summed E-state index contributed by atoms with van der Waals surface area (Å²) in [6.45, 7) is 2.17. The second-order valence-corrected chi connectivity index (χ2v) is 3.22. The van der Waals surface area contributed by atoms with Gasteiger partial charge in [0.1, 0.15) is 5.82 Å². The predicted molar refractivity (Wildman–Crippen MR) is 55.0 cm³/mol. The number of rotatable bonds is 1. The Balaban J connectivity index is 2.81. The Kier molecular flexibility index (Phi) is 3.92. The number of hydroxylamine groups is 2. The zero-order chi connectivity index (χ0) is 13.0. The number of halogens is 1. The van der Waals surface area contributed by atoms with Crippen molar-refractivity contribution in [3.05, 3.63) is 35.6 Å². The predicted octanol–water partition coefficient (Wildman–Crippen LogP) is 1.29. The maximum absolute atomic E-state index is 12.6. The second kappa shape index (κ2) is 5.20. The van der Waals surface area contributed by atoms with Crippen LogP contribution in [0.3, 0.4) is 0 Å². The number of hydrogen-bond donors (Lipinski definition) is 0. The first kappa shape index (κ1) is 12.8. The Bertz CT molecular complexity index is 441. The molecule has 90 valence electrons. The Hall–Kier alpha value is -2.24. The molecule has 0 aliphatic carbocycles. The molecule has 0 saturated heterocycles. The zero-order valence-corrected chi connectivity index (χ0v) is 9.27. The van der Waals surface area contributed by atoms with Gasteiger partial charge >= 0.3 is 5.97 Å². The average Bonchev–Trinajstić information content (AvgIpc) is 2.25. The minimum Gasteiger partial charge on any atom is -0.325 e. The van der Waals surface area contributed by atoms with Gasteiger partial charge in [0.15, 0.2) is 0 Å². The second-order valence-electron chi connectivity index (χ2n) is 3.22. The van der Waals surface area contributed by atoms with E-state index >= 15 is 0 Å². The van der Waals surface area contributed by atoms with E-state index < -0.39 is 23.6 Å². The van der Waals surface area contributed by atoms with Crippen LogP contribution in [0.4, 0.5) is 4.39 Å². The van der Waals surface area contributed by atoms with Gasteiger partial charge in [-0.15, -0.1) is 5.06 Å². The highest BCUT2D eigenvalue weighted by atomic mass is 19.1. The van der Waals surface area contributed by atoms with E-state index in [-0.39, 0.29) is 5.56 Å². The number of carbonyl (C=O) groups excluding carboxylic acids is 3. The molecule has 6 heteroatoms. The summed E-state index contributed by atoms with van der Waals surface area (Å²) < 4.78 is 12.6. The Morgan fingerprint density at radius 2 is 1.53 bits per heavy atom. The minimum atomic E-state index is -0.907. The third-order valence-electron chi connectivity index (χ3n) is 1.83. The molecule has 0 atom stereocenters. The van der Waals surface area contributed by atoms with Crippen LogP contribution >= 0.6 is 0 Å². The molecule has 0 aromatic heterocycles. The largest absolute Gasteiger partial charge is 0.363 e. The fraction of sp³-hybridized carbons (Fsp3) is 0.182. The van der Waals surface area contributed by atoms with Gasteiger partial charge in [0, 0.05) is 13.8 Å². The van der Waals surface area contributed by atoms with Crippen LogP contribution < -0.4 is 0 Å². The lowest BCUT2D eigenvalue weighted by atomic mass is 10.2. The standard InChI is InChI=1S/C11H10FNO4/c1-7(14)13(8(2)15)17-11(16)9-3-5-10(12)6-4-9/h3-6H,1-2H3. The lowest BCUT2D eigenvalue weighted by molar-refractivity contribution is -0.177. The molecule has 1 rings (SSSR count). The summed E-state index contributed by atoms with van der Waals surface area (Å²) in [5, 5.41) is 0.339. The van der Waals surface area contributed by atoms with Crippen molar-refractivity contribution in [3.63, 3.8) is 0 Å². The van der Waals surface area contributed by atoms with Crippen LogP contribution in [0.1, 0.15) is 24.2 Å². The summed E-state index contributed by atoms with van der Waals surface area (Å²) in [6, 6.07) is 4.52. The van der Waals surface area contributed by atoms with Crippen molar-refractivity contribution in [1.82, 2.24) is 5.06 Å². The number of carbonyl (C=O) groups is 3. The number of nitrogens with zero attached hydrogens (tertiary/aromatic N) is 1. The van der Waals surface area contributed by atoms with E-state index in [2.05, 4.69) is 4.84 Å². The van der Waals surface area contributed by atoms with Crippen molar-refractivity contribution in [2.75, 3.05) is 0 Å². The first-order valence-electron chi connectivity index (χ1n) is 4.71. The van der Waals surface area contributed by atoms with Crippen LogP contribution in [0.15, 0.2) is 24.3 Å². The molecule has 1 aromatic rings. The number of benzene rings is 1. The highest BCUT2D eigenvalue weighted by Gasteiger charge is 2.20. The third-order valence-corrected chi connectivity index (χ3v) is 1.83. The SMILES string of the molecule is CC(=O)N(OC(=O)c1ccc(F)cc1)C(C)=O. The molecular weight excluding hydrogens is 229 g/mol. The van der Waals surface area contributed by atoms with Gasteiger partial charge in [-0.25, -0.2) is 9.18 Å². The molecule has 0 spiro atoms. The summed E-state index contributed by atoms with van der Waals surface area (Å²) >= 11 is 0. The Labute approximate surface area is 96.7 Å². The van der Waals surface area contributed by atoms with Gasteiger partial charge in [0.25, 0.3) is 11.8 Å². The van der Waals surface area contributed by atoms with Crippen molar-refractivity contribution >= 4 is 17.8 Å². The Morgan fingerprint density at radius 3 is 1.94 bits per heavy atom. The van der Waals surface area contributed by atoms with Gasteiger partial charge in [0.05, 0.1) is 5.56 Å². The van der Waals surface area contributed by atoms with Gasteiger partial charge in [-0.1, -0.05) is 0 Å². The molecule has 0 saturated carbocycles. The molecular formula is C11H10FNO4. The zero-order valence-electron chi connectivity index (χ0n) is 9.27. The first-order valence-corrected chi connectivity index (χ1v) is 4.71. The van der Waals surface area contributed by atoms with E-state index in [0.29, 0.717) is 5.06 Å². The number of imide groups is 1. The molecule has 0 fully saturated rings. The minimum absolute atomic E-state index is 0.0406. The molecule has 2 amide bonds. The lowest BCUT2D eigenvalue weighted by Crippen LogP contribution is -2.35. The lowest BCUT2D eigenvalue weighted by Gasteiger charge is -2.15. The smallest absolute Gasteiger partial charge is 0.325 e. The highest BCUT2D eigenvalue weighted by molar-refractivity contribution is 5.96. The molecule has 0 radical (unpaired) electrons. The molecule has 0 aliphatic heterocycles. The van der Waals surface area contributed by atoms with Gasteiger partial charge < -0.3 is 4.84 Å².